The van der Waals surface area contributed by atoms with E-state index in [0.717, 1.165) is 5.69 Å². The second-order valence-electron chi connectivity index (χ2n) is 5.22. The number of amidine groups is 1. The minimum absolute atomic E-state index is 0.00227. The normalized spacial score (nSPS) is 10.9. The van der Waals surface area contributed by atoms with E-state index in [1.165, 1.54) is 0 Å². The van der Waals surface area contributed by atoms with Crippen LogP contribution in [-0.4, -0.2) is 28.9 Å². The molecule has 0 bridgehead atoms. The molecule has 0 unspecified atom stereocenters. The lowest BCUT2D eigenvalue weighted by Gasteiger charge is -2.20. The minimum Gasteiger partial charge on any atom is -0.459 e. The first kappa shape index (κ1) is 14.9. The third kappa shape index (κ3) is 4.95. The number of rotatable bonds is 4. The number of carbonyl (C=O) groups is 1. The summed E-state index contributed by atoms with van der Waals surface area (Å²) in [7, 11) is 0. The van der Waals surface area contributed by atoms with Crippen LogP contribution in [0.5, 0.6) is 0 Å². The number of aryl methyl sites for hydroxylation is 1. The van der Waals surface area contributed by atoms with Crippen molar-refractivity contribution in [1.29, 1.82) is 5.41 Å². The third-order valence-electron chi connectivity index (χ3n) is 2.17. The first-order valence-electron chi connectivity index (χ1n) is 5.96. The Labute approximate surface area is 112 Å². The Morgan fingerprint density at radius 1 is 1.53 bits per heavy atom. The Kier molecular flexibility index (Phi) is 4.47. The van der Waals surface area contributed by atoms with Crippen LogP contribution in [0.3, 0.4) is 0 Å². The van der Waals surface area contributed by atoms with Crippen LogP contribution in [0, 0.1) is 12.3 Å². The van der Waals surface area contributed by atoms with Gasteiger partial charge >= 0.3 is 5.97 Å². The van der Waals surface area contributed by atoms with Crippen molar-refractivity contribution in [3.63, 3.8) is 0 Å². The lowest BCUT2D eigenvalue weighted by atomic mass is 10.2. The highest BCUT2D eigenvalue weighted by Gasteiger charge is 2.16. The SMILES string of the molecule is Cc1cc(C(=N)N)c(NCC(=O)OC(C)(C)C)cn1. The van der Waals surface area contributed by atoms with E-state index < -0.39 is 5.60 Å². The summed E-state index contributed by atoms with van der Waals surface area (Å²) in [6, 6.07) is 1.69. The van der Waals surface area contributed by atoms with Gasteiger partial charge in [0, 0.05) is 11.3 Å². The molecule has 1 heterocycles. The number of carbonyl (C=O) groups excluding carboxylic acids is 1. The second kappa shape index (κ2) is 5.69. The summed E-state index contributed by atoms with van der Waals surface area (Å²) >= 11 is 0. The summed E-state index contributed by atoms with van der Waals surface area (Å²) in [5.74, 6) is -0.445. The van der Waals surface area contributed by atoms with E-state index in [1.54, 1.807) is 33.0 Å². The van der Waals surface area contributed by atoms with Gasteiger partial charge in [-0.1, -0.05) is 0 Å². The van der Waals surface area contributed by atoms with Crippen LogP contribution >= 0.6 is 0 Å². The van der Waals surface area contributed by atoms with Crippen LogP contribution in [-0.2, 0) is 9.53 Å². The number of ether oxygens (including phenoxy) is 1. The number of hydrogen-bond acceptors (Lipinski definition) is 5. The van der Waals surface area contributed by atoms with Gasteiger partial charge in [-0.3, -0.25) is 15.2 Å². The molecule has 0 saturated heterocycles. The predicted molar refractivity (Wildman–Crippen MR) is 74.3 cm³/mol. The molecule has 0 aliphatic rings. The van der Waals surface area contributed by atoms with Gasteiger partial charge in [-0.2, -0.15) is 0 Å². The Balaban J connectivity index is 2.73. The highest BCUT2D eigenvalue weighted by molar-refractivity contribution is 6.00. The molecule has 0 fully saturated rings. The Hall–Kier alpha value is -2.11. The van der Waals surface area contributed by atoms with Crippen molar-refractivity contribution < 1.29 is 9.53 Å². The maximum atomic E-state index is 11.6. The smallest absolute Gasteiger partial charge is 0.325 e. The van der Waals surface area contributed by atoms with Crippen molar-refractivity contribution in [1.82, 2.24) is 4.98 Å². The Bertz CT molecular complexity index is 492. The van der Waals surface area contributed by atoms with Gasteiger partial charge < -0.3 is 15.8 Å². The predicted octanol–water partition coefficient (Wildman–Crippen LogP) is 1.43. The minimum atomic E-state index is -0.520. The number of anilines is 1. The van der Waals surface area contributed by atoms with Crippen molar-refractivity contribution in [3.8, 4) is 0 Å². The molecule has 0 spiro atoms. The molecule has 0 radical (unpaired) electrons. The lowest BCUT2D eigenvalue weighted by Crippen LogP contribution is -2.28. The van der Waals surface area contributed by atoms with Crippen molar-refractivity contribution in [2.75, 3.05) is 11.9 Å². The van der Waals surface area contributed by atoms with E-state index in [9.17, 15) is 4.79 Å². The summed E-state index contributed by atoms with van der Waals surface area (Å²) in [5, 5.41) is 10.4. The number of nitrogens with two attached hydrogens (primary N) is 1. The zero-order valence-electron chi connectivity index (χ0n) is 11.7. The molecule has 4 N–H and O–H groups in total. The average molecular weight is 264 g/mol. The molecule has 0 aromatic carbocycles. The number of pyridine rings is 1. The van der Waals surface area contributed by atoms with E-state index in [1.807, 2.05) is 6.92 Å². The van der Waals surface area contributed by atoms with E-state index in [4.69, 9.17) is 15.9 Å². The highest BCUT2D eigenvalue weighted by atomic mass is 16.6. The molecule has 1 aromatic heterocycles. The van der Waals surface area contributed by atoms with E-state index >= 15 is 0 Å². The largest absolute Gasteiger partial charge is 0.459 e. The molecule has 0 atom stereocenters. The summed E-state index contributed by atoms with van der Waals surface area (Å²) in [5.41, 5.74) is 6.80. The van der Waals surface area contributed by atoms with E-state index in [2.05, 4.69) is 10.3 Å². The van der Waals surface area contributed by atoms with Gasteiger partial charge in [0.15, 0.2) is 0 Å². The van der Waals surface area contributed by atoms with Crippen molar-refractivity contribution in [2.24, 2.45) is 5.73 Å². The third-order valence-corrected chi connectivity index (χ3v) is 2.17. The number of esters is 1. The maximum Gasteiger partial charge on any atom is 0.325 e. The second-order valence-corrected chi connectivity index (χ2v) is 5.22. The number of nitrogens with one attached hydrogen (secondary N) is 2. The fraction of sp³-hybridized carbons (Fsp3) is 0.462. The van der Waals surface area contributed by atoms with Gasteiger partial charge in [0.05, 0.1) is 11.9 Å². The van der Waals surface area contributed by atoms with Crippen LogP contribution in [0.25, 0.3) is 0 Å². The zero-order valence-corrected chi connectivity index (χ0v) is 11.7. The molecular formula is C13H20N4O2. The molecular weight excluding hydrogens is 244 g/mol. The molecule has 0 amide bonds. The molecule has 6 nitrogen and oxygen atoms in total. The molecule has 104 valence electrons. The first-order valence-corrected chi connectivity index (χ1v) is 5.96. The van der Waals surface area contributed by atoms with Crippen molar-refractivity contribution >= 4 is 17.5 Å². The quantitative estimate of drug-likeness (QED) is 0.434. The Morgan fingerprint density at radius 2 is 2.16 bits per heavy atom. The number of aromatic nitrogens is 1. The van der Waals surface area contributed by atoms with Crippen LogP contribution < -0.4 is 11.1 Å². The molecule has 19 heavy (non-hydrogen) atoms. The standard InChI is InChI=1S/C13H20N4O2/c1-8-5-9(12(14)15)10(6-16-8)17-7-11(18)19-13(2,3)4/h5-6,17H,7H2,1-4H3,(H3,14,15). The number of hydrogen-bond donors (Lipinski definition) is 3. The summed E-state index contributed by atoms with van der Waals surface area (Å²) in [6.45, 7) is 7.23. The van der Waals surface area contributed by atoms with E-state index in [-0.39, 0.29) is 18.3 Å². The summed E-state index contributed by atoms with van der Waals surface area (Å²) < 4.78 is 5.18. The van der Waals surface area contributed by atoms with Crippen LogP contribution in [0.1, 0.15) is 32.0 Å². The summed E-state index contributed by atoms with van der Waals surface area (Å²) in [6.07, 6.45) is 1.55. The molecule has 6 heteroatoms. The maximum absolute atomic E-state index is 11.6. The lowest BCUT2D eigenvalue weighted by molar-refractivity contribution is -0.152. The van der Waals surface area contributed by atoms with Gasteiger partial charge in [0.1, 0.15) is 18.0 Å². The molecule has 1 aromatic rings. The van der Waals surface area contributed by atoms with Gasteiger partial charge in [0.25, 0.3) is 0 Å². The van der Waals surface area contributed by atoms with Gasteiger partial charge in [-0.15, -0.1) is 0 Å². The zero-order chi connectivity index (χ0) is 14.6. The highest BCUT2D eigenvalue weighted by Crippen LogP contribution is 2.15. The van der Waals surface area contributed by atoms with E-state index in [0.29, 0.717) is 11.3 Å². The van der Waals surface area contributed by atoms with Crippen molar-refractivity contribution in [3.05, 3.63) is 23.5 Å². The first-order chi connectivity index (χ1) is 8.69. The average Bonchev–Trinajstić information content (AvgIpc) is 2.24. The van der Waals surface area contributed by atoms with Gasteiger partial charge in [-0.05, 0) is 33.8 Å². The van der Waals surface area contributed by atoms with Gasteiger partial charge in [-0.25, -0.2) is 0 Å². The molecule has 1 rings (SSSR count). The van der Waals surface area contributed by atoms with Crippen LogP contribution in [0.2, 0.25) is 0 Å². The van der Waals surface area contributed by atoms with Gasteiger partial charge in [0.2, 0.25) is 0 Å². The van der Waals surface area contributed by atoms with Crippen LogP contribution in [0.15, 0.2) is 12.3 Å². The number of nitrogen functional groups attached to an aromatic ring is 1. The Morgan fingerprint density at radius 3 is 2.68 bits per heavy atom. The van der Waals surface area contributed by atoms with Crippen LogP contribution in [0.4, 0.5) is 5.69 Å². The molecule has 0 saturated carbocycles. The molecule has 0 aliphatic carbocycles. The summed E-state index contributed by atoms with van der Waals surface area (Å²) in [4.78, 5) is 15.7. The topological polar surface area (TPSA) is 101 Å². The number of nitrogens with zero attached hydrogens (tertiary/aromatic N) is 1. The molecule has 0 aliphatic heterocycles. The fourth-order valence-electron chi connectivity index (χ4n) is 1.47. The van der Waals surface area contributed by atoms with Crippen molar-refractivity contribution in [2.45, 2.75) is 33.3 Å². The monoisotopic (exact) mass is 264 g/mol. The fourth-order valence-corrected chi connectivity index (χ4v) is 1.47.